The van der Waals surface area contributed by atoms with Crippen LogP contribution in [0.1, 0.15) is 17.3 Å². The Labute approximate surface area is 111 Å². The molecule has 104 valence electrons. The van der Waals surface area contributed by atoms with Gasteiger partial charge in [-0.25, -0.2) is 0 Å². The number of amides is 1. The number of rotatable bonds is 5. The molecule has 1 atom stereocenters. The van der Waals surface area contributed by atoms with Crippen molar-refractivity contribution in [2.45, 2.75) is 13.0 Å². The second-order valence-electron chi connectivity index (χ2n) is 4.24. The molecule has 7 nitrogen and oxygen atoms in total. The quantitative estimate of drug-likeness (QED) is 0.615. The van der Waals surface area contributed by atoms with E-state index < -0.39 is 16.9 Å². The molecular weight excluding hydrogens is 250 g/mol. The minimum absolute atomic E-state index is 0.000000000000000222. The standard InChI is InChI=1S/C12H17N3O4/c1-8(16)7-14(3)12(17)9-5-4-6-10(13-2)11(9)15(18)19/h4-6,8,13,16H,7H2,1-3H3. The molecule has 0 aliphatic carbocycles. The first kappa shape index (κ1) is 14.9. The Morgan fingerprint density at radius 3 is 2.68 bits per heavy atom. The smallest absolute Gasteiger partial charge is 0.305 e. The largest absolute Gasteiger partial charge is 0.392 e. The van der Waals surface area contributed by atoms with Gasteiger partial charge in [0.15, 0.2) is 0 Å². The lowest BCUT2D eigenvalue weighted by Crippen LogP contribution is -2.33. The van der Waals surface area contributed by atoms with Crippen LogP contribution in [-0.4, -0.2) is 47.6 Å². The fourth-order valence-electron chi connectivity index (χ4n) is 1.80. The molecule has 0 heterocycles. The van der Waals surface area contributed by atoms with Crippen molar-refractivity contribution in [3.05, 3.63) is 33.9 Å². The van der Waals surface area contributed by atoms with Gasteiger partial charge in [0.1, 0.15) is 11.3 Å². The number of para-hydroxylation sites is 1. The van der Waals surface area contributed by atoms with Crippen LogP contribution in [0.3, 0.4) is 0 Å². The maximum Gasteiger partial charge on any atom is 0.305 e. The first-order chi connectivity index (χ1) is 8.88. The molecule has 0 fully saturated rings. The molecule has 2 N–H and O–H groups in total. The van der Waals surface area contributed by atoms with Gasteiger partial charge in [0.2, 0.25) is 0 Å². The Balaban J connectivity index is 3.19. The van der Waals surface area contributed by atoms with E-state index in [0.29, 0.717) is 0 Å². The van der Waals surface area contributed by atoms with Gasteiger partial charge in [-0.1, -0.05) is 6.07 Å². The summed E-state index contributed by atoms with van der Waals surface area (Å²) < 4.78 is 0. The van der Waals surface area contributed by atoms with Crippen molar-refractivity contribution in [3.63, 3.8) is 0 Å². The van der Waals surface area contributed by atoms with E-state index in [1.165, 1.54) is 24.1 Å². The van der Waals surface area contributed by atoms with Gasteiger partial charge in [-0.15, -0.1) is 0 Å². The summed E-state index contributed by atoms with van der Waals surface area (Å²) in [7, 11) is 3.04. The first-order valence-electron chi connectivity index (χ1n) is 5.77. The zero-order valence-corrected chi connectivity index (χ0v) is 11.1. The maximum absolute atomic E-state index is 12.2. The molecule has 1 aromatic rings. The summed E-state index contributed by atoms with van der Waals surface area (Å²) in [6.45, 7) is 1.65. The van der Waals surface area contributed by atoms with E-state index >= 15 is 0 Å². The van der Waals surface area contributed by atoms with Crippen molar-refractivity contribution in [2.75, 3.05) is 26.0 Å². The number of nitrogens with zero attached hydrogens (tertiary/aromatic N) is 2. The number of anilines is 1. The number of nitro benzene ring substituents is 1. The molecule has 0 radical (unpaired) electrons. The monoisotopic (exact) mass is 267 g/mol. The molecule has 19 heavy (non-hydrogen) atoms. The lowest BCUT2D eigenvalue weighted by molar-refractivity contribution is -0.384. The number of aliphatic hydroxyl groups is 1. The number of aliphatic hydroxyl groups excluding tert-OH is 1. The second-order valence-corrected chi connectivity index (χ2v) is 4.24. The van der Waals surface area contributed by atoms with Gasteiger partial charge >= 0.3 is 5.69 Å². The summed E-state index contributed by atoms with van der Waals surface area (Å²) in [5.41, 5.74) is 0.0220. The third-order valence-corrected chi connectivity index (χ3v) is 2.60. The Hall–Kier alpha value is -2.15. The summed E-state index contributed by atoms with van der Waals surface area (Å²) in [4.78, 5) is 23.9. The van der Waals surface area contributed by atoms with E-state index in [0.717, 1.165) is 0 Å². The van der Waals surface area contributed by atoms with E-state index in [1.54, 1.807) is 20.0 Å². The Morgan fingerprint density at radius 1 is 1.58 bits per heavy atom. The first-order valence-corrected chi connectivity index (χ1v) is 5.77. The third-order valence-electron chi connectivity index (χ3n) is 2.60. The molecule has 0 saturated heterocycles. The molecule has 0 aromatic heterocycles. The van der Waals surface area contributed by atoms with Gasteiger partial charge in [-0.3, -0.25) is 14.9 Å². The van der Waals surface area contributed by atoms with Gasteiger partial charge in [0, 0.05) is 20.6 Å². The lowest BCUT2D eigenvalue weighted by atomic mass is 10.1. The highest BCUT2D eigenvalue weighted by molar-refractivity contribution is 6.00. The summed E-state index contributed by atoms with van der Waals surface area (Å²) in [6.07, 6.45) is -0.694. The molecular formula is C12H17N3O4. The average Bonchev–Trinajstić information content (AvgIpc) is 2.35. The Kier molecular flexibility index (Phi) is 4.82. The second kappa shape index (κ2) is 6.14. The van der Waals surface area contributed by atoms with Crippen LogP contribution in [0.5, 0.6) is 0 Å². The minimum atomic E-state index is -0.694. The van der Waals surface area contributed by atoms with E-state index in [1.807, 2.05) is 0 Å². The third kappa shape index (κ3) is 3.41. The number of nitrogens with one attached hydrogen (secondary N) is 1. The number of nitro groups is 1. The fraction of sp³-hybridized carbons (Fsp3) is 0.417. The zero-order chi connectivity index (χ0) is 14.6. The molecule has 7 heteroatoms. The van der Waals surface area contributed by atoms with Gasteiger partial charge in [0.25, 0.3) is 5.91 Å². The average molecular weight is 267 g/mol. The number of carbonyl (C=O) groups is 1. The van der Waals surface area contributed by atoms with Crippen LogP contribution in [0.2, 0.25) is 0 Å². The molecule has 0 bridgehead atoms. The van der Waals surface area contributed by atoms with Crippen molar-refractivity contribution in [1.82, 2.24) is 4.90 Å². The summed E-state index contributed by atoms with van der Waals surface area (Å²) >= 11 is 0. The van der Waals surface area contributed by atoms with Crippen LogP contribution in [0.4, 0.5) is 11.4 Å². The Bertz CT molecular complexity index is 488. The normalized spacial score (nSPS) is 11.8. The SMILES string of the molecule is CNc1cccc(C(=O)N(C)CC(C)O)c1[N+](=O)[O-]. The van der Waals surface area contributed by atoms with Crippen molar-refractivity contribution in [3.8, 4) is 0 Å². The van der Waals surface area contributed by atoms with E-state index in [-0.39, 0.29) is 23.5 Å². The topological polar surface area (TPSA) is 95.7 Å². The number of hydrogen-bond donors (Lipinski definition) is 2. The predicted octanol–water partition coefficient (Wildman–Crippen LogP) is 1.09. The van der Waals surface area contributed by atoms with Crippen molar-refractivity contribution < 1.29 is 14.8 Å². The molecule has 1 amide bonds. The van der Waals surface area contributed by atoms with E-state index in [9.17, 15) is 20.0 Å². The highest BCUT2D eigenvalue weighted by atomic mass is 16.6. The van der Waals surface area contributed by atoms with Crippen LogP contribution >= 0.6 is 0 Å². The summed E-state index contributed by atoms with van der Waals surface area (Å²) in [6, 6.07) is 4.51. The van der Waals surface area contributed by atoms with Crippen LogP contribution in [-0.2, 0) is 0 Å². The molecule has 0 aliphatic heterocycles. The lowest BCUT2D eigenvalue weighted by Gasteiger charge is -2.19. The number of likely N-dealkylation sites (N-methyl/N-ethyl adjacent to an activating group) is 1. The number of benzene rings is 1. The van der Waals surface area contributed by atoms with Gasteiger partial charge in [0.05, 0.1) is 11.0 Å². The molecule has 1 rings (SSSR count). The molecule has 0 spiro atoms. The van der Waals surface area contributed by atoms with Crippen molar-refractivity contribution >= 4 is 17.3 Å². The summed E-state index contributed by atoms with van der Waals surface area (Å²) in [5.74, 6) is -0.496. The number of hydrogen-bond acceptors (Lipinski definition) is 5. The van der Waals surface area contributed by atoms with E-state index in [4.69, 9.17) is 0 Å². The fourth-order valence-corrected chi connectivity index (χ4v) is 1.80. The van der Waals surface area contributed by atoms with Gasteiger partial charge in [-0.05, 0) is 19.1 Å². The predicted molar refractivity (Wildman–Crippen MR) is 71.3 cm³/mol. The molecule has 1 aromatic carbocycles. The van der Waals surface area contributed by atoms with Crippen LogP contribution in [0.25, 0.3) is 0 Å². The minimum Gasteiger partial charge on any atom is -0.392 e. The molecule has 1 unspecified atom stereocenters. The maximum atomic E-state index is 12.2. The number of carbonyl (C=O) groups excluding carboxylic acids is 1. The van der Waals surface area contributed by atoms with Crippen LogP contribution in [0, 0.1) is 10.1 Å². The van der Waals surface area contributed by atoms with E-state index in [2.05, 4.69) is 5.32 Å². The Morgan fingerprint density at radius 2 is 2.21 bits per heavy atom. The highest BCUT2D eigenvalue weighted by Crippen LogP contribution is 2.29. The van der Waals surface area contributed by atoms with Crippen LogP contribution in [0.15, 0.2) is 18.2 Å². The molecule has 0 saturated carbocycles. The van der Waals surface area contributed by atoms with Crippen molar-refractivity contribution in [2.24, 2.45) is 0 Å². The van der Waals surface area contributed by atoms with Gasteiger partial charge < -0.3 is 15.3 Å². The van der Waals surface area contributed by atoms with Crippen molar-refractivity contribution in [1.29, 1.82) is 0 Å². The highest BCUT2D eigenvalue weighted by Gasteiger charge is 2.26. The molecule has 0 aliphatic rings. The zero-order valence-electron chi connectivity index (χ0n) is 11.1. The summed E-state index contributed by atoms with van der Waals surface area (Å²) in [5, 5.41) is 23.0. The van der Waals surface area contributed by atoms with Gasteiger partial charge in [-0.2, -0.15) is 0 Å². The van der Waals surface area contributed by atoms with Crippen LogP contribution < -0.4 is 5.32 Å².